The molecular formula is C16H25ClN6O. The average Bonchev–Trinajstić information content (AvgIpc) is 3.03. The number of carbonyl (C=O) groups is 1. The quantitative estimate of drug-likeness (QED) is 0.791. The van der Waals surface area contributed by atoms with E-state index in [1.165, 1.54) is 4.80 Å². The number of nitrogens with one attached hydrogen (secondary N) is 1. The zero-order valence-electron chi connectivity index (χ0n) is 14.2. The molecule has 0 saturated carbocycles. The van der Waals surface area contributed by atoms with E-state index in [-0.39, 0.29) is 24.4 Å². The van der Waals surface area contributed by atoms with Gasteiger partial charge in [0.15, 0.2) is 0 Å². The van der Waals surface area contributed by atoms with E-state index in [9.17, 15) is 4.79 Å². The van der Waals surface area contributed by atoms with Gasteiger partial charge >= 0.3 is 0 Å². The summed E-state index contributed by atoms with van der Waals surface area (Å²) in [6.07, 6.45) is 0.842. The normalized spacial score (nSPS) is 13.2. The van der Waals surface area contributed by atoms with Gasteiger partial charge in [-0.3, -0.25) is 4.79 Å². The van der Waals surface area contributed by atoms with Crippen LogP contribution in [0.1, 0.15) is 33.2 Å². The molecule has 8 heteroatoms. The summed E-state index contributed by atoms with van der Waals surface area (Å²) in [7, 11) is 0. The molecule has 0 saturated heterocycles. The first-order valence-electron chi connectivity index (χ1n) is 7.86. The molecule has 0 aliphatic rings. The van der Waals surface area contributed by atoms with Crippen molar-refractivity contribution in [3.63, 3.8) is 0 Å². The summed E-state index contributed by atoms with van der Waals surface area (Å²) in [5, 5.41) is 15.3. The largest absolute Gasteiger partial charge is 0.350 e. The average molecular weight is 353 g/mol. The van der Waals surface area contributed by atoms with Gasteiger partial charge in [-0.05, 0) is 24.5 Å². The standard InChI is InChI=1S/C16H24N6O.ClH/c1-11(2)9-14(10-17)18-16(23)12(3)22-20-15(19-21-22)13-7-5-4-6-8-13;/h4-8,11-12,14H,9-10,17H2,1-3H3,(H,18,23);1H. The van der Waals surface area contributed by atoms with Gasteiger partial charge in [-0.15, -0.1) is 22.6 Å². The zero-order chi connectivity index (χ0) is 16.8. The fourth-order valence-electron chi connectivity index (χ4n) is 2.30. The molecule has 0 aliphatic heterocycles. The lowest BCUT2D eigenvalue weighted by molar-refractivity contribution is -0.125. The van der Waals surface area contributed by atoms with E-state index in [1.54, 1.807) is 6.92 Å². The lowest BCUT2D eigenvalue weighted by atomic mass is 10.0. The van der Waals surface area contributed by atoms with Gasteiger partial charge in [0.1, 0.15) is 6.04 Å². The van der Waals surface area contributed by atoms with Crippen molar-refractivity contribution >= 4 is 18.3 Å². The smallest absolute Gasteiger partial charge is 0.246 e. The van der Waals surface area contributed by atoms with Crippen molar-refractivity contribution in [1.82, 2.24) is 25.5 Å². The second-order valence-electron chi connectivity index (χ2n) is 6.05. The van der Waals surface area contributed by atoms with Crippen LogP contribution < -0.4 is 11.1 Å². The summed E-state index contributed by atoms with van der Waals surface area (Å²) >= 11 is 0. The van der Waals surface area contributed by atoms with Gasteiger partial charge in [0.05, 0.1) is 0 Å². The maximum atomic E-state index is 12.3. The van der Waals surface area contributed by atoms with E-state index in [0.717, 1.165) is 12.0 Å². The molecule has 132 valence electrons. The number of amides is 1. The summed E-state index contributed by atoms with van der Waals surface area (Å²) in [4.78, 5) is 13.7. The zero-order valence-corrected chi connectivity index (χ0v) is 15.0. The number of hydrogen-bond acceptors (Lipinski definition) is 5. The molecule has 2 atom stereocenters. The van der Waals surface area contributed by atoms with Crippen molar-refractivity contribution in [1.29, 1.82) is 0 Å². The van der Waals surface area contributed by atoms with E-state index in [2.05, 4.69) is 34.6 Å². The third-order valence-electron chi connectivity index (χ3n) is 3.57. The first-order valence-corrected chi connectivity index (χ1v) is 7.86. The molecule has 2 rings (SSSR count). The van der Waals surface area contributed by atoms with Crippen molar-refractivity contribution in [2.45, 2.75) is 39.3 Å². The molecule has 1 amide bonds. The Hall–Kier alpha value is -1.99. The highest BCUT2D eigenvalue weighted by Crippen LogP contribution is 2.14. The van der Waals surface area contributed by atoms with Gasteiger partial charge in [0, 0.05) is 18.2 Å². The maximum Gasteiger partial charge on any atom is 0.246 e. The summed E-state index contributed by atoms with van der Waals surface area (Å²) in [5.41, 5.74) is 6.59. The van der Waals surface area contributed by atoms with Gasteiger partial charge in [-0.1, -0.05) is 44.2 Å². The van der Waals surface area contributed by atoms with Crippen LogP contribution in [0.25, 0.3) is 11.4 Å². The van der Waals surface area contributed by atoms with E-state index >= 15 is 0 Å². The third-order valence-corrected chi connectivity index (χ3v) is 3.57. The van der Waals surface area contributed by atoms with Crippen molar-refractivity contribution in [3.8, 4) is 11.4 Å². The molecule has 0 radical (unpaired) electrons. The second-order valence-corrected chi connectivity index (χ2v) is 6.05. The minimum Gasteiger partial charge on any atom is -0.350 e. The Bertz CT molecular complexity index is 631. The molecule has 2 unspecified atom stereocenters. The number of hydrogen-bond donors (Lipinski definition) is 2. The molecule has 0 spiro atoms. The minimum atomic E-state index is -0.541. The molecule has 24 heavy (non-hydrogen) atoms. The topological polar surface area (TPSA) is 98.7 Å². The number of benzene rings is 1. The minimum absolute atomic E-state index is 0. The van der Waals surface area contributed by atoms with E-state index in [4.69, 9.17) is 5.73 Å². The molecule has 0 aliphatic carbocycles. The highest BCUT2D eigenvalue weighted by atomic mass is 35.5. The van der Waals surface area contributed by atoms with Crippen molar-refractivity contribution < 1.29 is 4.79 Å². The van der Waals surface area contributed by atoms with Gasteiger partial charge in [0.25, 0.3) is 0 Å². The van der Waals surface area contributed by atoms with Crippen LogP contribution in [0.3, 0.4) is 0 Å². The Balaban J connectivity index is 0.00000288. The molecule has 2 aromatic rings. The number of tetrazole rings is 1. The molecule has 0 fully saturated rings. The Labute approximate surface area is 148 Å². The predicted molar refractivity (Wildman–Crippen MR) is 95.7 cm³/mol. The van der Waals surface area contributed by atoms with E-state index in [1.807, 2.05) is 30.3 Å². The molecular weight excluding hydrogens is 328 g/mol. The Morgan fingerprint density at radius 1 is 1.25 bits per heavy atom. The van der Waals surface area contributed by atoms with Crippen LogP contribution in [0.15, 0.2) is 30.3 Å². The Morgan fingerprint density at radius 3 is 2.50 bits per heavy atom. The van der Waals surface area contributed by atoms with Gasteiger partial charge in [-0.25, -0.2) is 0 Å². The molecule has 3 N–H and O–H groups in total. The first kappa shape index (κ1) is 20.1. The van der Waals surface area contributed by atoms with E-state index < -0.39 is 6.04 Å². The van der Waals surface area contributed by atoms with Crippen molar-refractivity contribution in [2.24, 2.45) is 11.7 Å². The Morgan fingerprint density at radius 2 is 1.92 bits per heavy atom. The number of nitrogens with zero attached hydrogens (tertiary/aromatic N) is 4. The number of aromatic nitrogens is 4. The highest BCUT2D eigenvalue weighted by molar-refractivity contribution is 5.85. The lowest BCUT2D eigenvalue weighted by Crippen LogP contribution is -2.44. The maximum absolute atomic E-state index is 12.3. The van der Waals surface area contributed by atoms with Crippen molar-refractivity contribution in [2.75, 3.05) is 6.54 Å². The SMILES string of the molecule is CC(C)CC(CN)NC(=O)C(C)n1nnc(-c2ccccc2)n1.Cl. The van der Waals surface area contributed by atoms with Crippen LogP contribution >= 0.6 is 12.4 Å². The van der Waals surface area contributed by atoms with Gasteiger partial charge < -0.3 is 11.1 Å². The summed E-state index contributed by atoms with van der Waals surface area (Å²) < 4.78 is 0. The molecule has 1 heterocycles. The van der Waals surface area contributed by atoms with Crippen LogP contribution in [0, 0.1) is 5.92 Å². The molecule has 0 bridgehead atoms. The van der Waals surface area contributed by atoms with Crippen LogP contribution in [-0.4, -0.2) is 38.7 Å². The van der Waals surface area contributed by atoms with Crippen LogP contribution in [-0.2, 0) is 4.79 Å². The number of nitrogens with two attached hydrogens (primary N) is 1. The molecule has 7 nitrogen and oxygen atoms in total. The third kappa shape index (κ3) is 5.28. The second kappa shape index (κ2) is 9.34. The van der Waals surface area contributed by atoms with Crippen LogP contribution in [0.5, 0.6) is 0 Å². The molecule has 1 aromatic carbocycles. The number of carbonyl (C=O) groups excluding carboxylic acids is 1. The Kier molecular flexibility index (Phi) is 7.81. The number of rotatable bonds is 7. The monoisotopic (exact) mass is 352 g/mol. The van der Waals surface area contributed by atoms with Crippen molar-refractivity contribution in [3.05, 3.63) is 30.3 Å². The predicted octanol–water partition coefficient (Wildman–Crippen LogP) is 1.81. The number of halogens is 1. The van der Waals surface area contributed by atoms with Gasteiger partial charge in [-0.2, -0.15) is 4.80 Å². The fourth-order valence-corrected chi connectivity index (χ4v) is 2.30. The summed E-state index contributed by atoms with van der Waals surface area (Å²) in [6.45, 7) is 6.36. The first-order chi connectivity index (χ1) is 11.0. The highest BCUT2D eigenvalue weighted by Gasteiger charge is 2.21. The van der Waals surface area contributed by atoms with Crippen LogP contribution in [0.4, 0.5) is 0 Å². The lowest BCUT2D eigenvalue weighted by Gasteiger charge is -2.20. The summed E-state index contributed by atoms with van der Waals surface area (Å²) in [6, 6.07) is 8.96. The summed E-state index contributed by atoms with van der Waals surface area (Å²) in [5.74, 6) is 0.814. The fraction of sp³-hybridized carbons (Fsp3) is 0.500. The van der Waals surface area contributed by atoms with Crippen LogP contribution in [0.2, 0.25) is 0 Å². The van der Waals surface area contributed by atoms with Gasteiger partial charge in [0.2, 0.25) is 11.7 Å². The van der Waals surface area contributed by atoms with E-state index in [0.29, 0.717) is 18.3 Å². The molecule has 1 aromatic heterocycles.